The molecule has 7 nitrogen and oxygen atoms in total. The average Bonchev–Trinajstić information content (AvgIpc) is 2.40. The largest absolute Gasteiger partial charge is 0.481 e. The third kappa shape index (κ3) is 7.52. The number of rotatable bonds is 11. The topological polar surface area (TPSA) is 130 Å². The van der Waals surface area contributed by atoms with Crippen LogP contribution in [-0.4, -0.2) is 28.1 Å². The summed E-state index contributed by atoms with van der Waals surface area (Å²) in [5.74, 6) is 1.28. The SMILES string of the molecule is C=C(C(=O)O)C(CCCCCCCC(=O)NN)C(=O)O. The highest BCUT2D eigenvalue weighted by Crippen LogP contribution is 2.19. The second-order valence-electron chi connectivity index (χ2n) is 4.60. The van der Waals surface area contributed by atoms with Crippen molar-refractivity contribution >= 4 is 17.8 Å². The first kappa shape index (κ1) is 18.1. The Morgan fingerprint density at radius 3 is 2.10 bits per heavy atom. The van der Waals surface area contributed by atoms with Crippen LogP contribution in [0.2, 0.25) is 0 Å². The molecular formula is C13H22N2O5. The van der Waals surface area contributed by atoms with E-state index in [1.807, 2.05) is 5.43 Å². The highest BCUT2D eigenvalue weighted by Gasteiger charge is 2.24. The van der Waals surface area contributed by atoms with Crippen LogP contribution in [0.5, 0.6) is 0 Å². The van der Waals surface area contributed by atoms with E-state index in [9.17, 15) is 14.4 Å². The van der Waals surface area contributed by atoms with Crippen LogP contribution in [0.15, 0.2) is 12.2 Å². The predicted molar refractivity (Wildman–Crippen MR) is 72.6 cm³/mol. The molecular weight excluding hydrogens is 264 g/mol. The van der Waals surface area contributed by atoms with E-state index in [-0.39, 0.29) is 17.9 Å². The normalized spacial score (nSPS) is 11.7. The lowest BCUT2D eigenvalue weighted by Gasteiger charge is -2.11. The summed E-state index contributed by atoms with van der Waals surface area (Å²) in [4.78, 5) is 32.5. The van der Waals surface area contributed by atoms with Gasteiger partial charge in [-0.05, 0) is 12.8 Å². The first-order valence-corrected chi connectivity index (χ1v) is 6.54. The first-order chi connectivity index (χ1) is 9.40. The van der Waals surface area contributed by atoms with Gasteiger partial charge in [0.25, 0.3) is 0 Å². The zero-order chi connectivity index (χ0) is 15.5. The van der Waals surface area contributed by atoms with Gasteiger partial charge in [-0.3, -0.25) is 15.0 Å². The fourth-order valence-corrected chi connectivity index (χ4v) is 1.83. The van der Waals surface area contributed by atoms with Crippen LogP contribution in [0.1, 0.15) is 44.9 Å². The molecule has 5 N–H and O–H groups in total. The van der Waals surface area contributed by atoms with Crippen LogP contribution >= 0.6 is 0 Å². The van der Waals surface area contributed by atoms with Crippen LogP contribution < -0.4 is 11.3 Å². The molecule has 114 valence electrons. The molecule has 0 aromatic carbocycles. The molecule has 0 aliphatic carbocycles. The minimum Gasteiger partial charge on any atom is -0.481 e. The maximum Gasteiger partial charge on any atom is 0.331 e. The Morgan fingerprint density at radius 1 is 1.05 bits per heavy atom. The lowest BCUT2D eigenvalue weighted by atomic mass is 9.94. The van der Waals surface area contributed by atoms with E-state index < -0.39 is 17.9 Å². The van der Waals surface area contributed by atoms with Crippen molar-refractivity contribution < 1.29 is 24.6 Å². The van der Waals surface area contributed by atoms with Gasteiger partial charge in [-0.2, -0.15) is 0 Å². The number of carbonyl (C=O) groups excluding carboxylic acids is 1. The molecule has 0 aliphatic rings. The van der Waals surface area contributed by atoms with Crippen LogP contribution in [0.25, 0.3) is 0 Å². The smallest absolute Gasteiger partial charge is 0.331 e. The molecule has 0 rings (SSSR count). The van der Waals surface area contributed by atoms with Gasteiger partial charge in [-0.1, -0.05) is 32.3 Å². The van der Waals surface area contributed by atoms with Crippen molar-refractivity contribution in [1.82, 2.24) is 5.43 Å². The molecule has 1 unspecified atom stereocenters. The summed E-state index contributed by atoms with van der Waals surface area (Å²) in [7, 11) is 0. The number of carboxylic acid groups (broad SMARTS) is 2. The third-order valence-electron chi connectivity index (χ3n) is 3.05. The number of nitrogens with one attached hydrogen (secondary N) is 1. The number of hydrogen-bond donors (Lipinski definition) is 4. The van der Waals surface area contributed by atoms with E-state index in [0.29, 0.717) is 12.8 Å². The molecule has 0 heterocycles. The number of unbranched alkanes of at least 4 members (excludes halogenated alkanes) is 4. The highest BCUT2D eigenvalue weighted by molar-refractivity contribution is 5.93. The quantitative estimate of drug-likeness (QED) is 0.148. The van der Waals surface area contributed by atoms with Gasteiger partial charge in [0.2, 0.25) is 5.91 Å². The molecule has 1 atom stereocenters. The fourth-order valence-electron chi connectivity index (χ4n) is 1.83. The van der Waals surface area contributed by atoms with E-state index in [1.54, 1.807) is 0 Å². The number of carboxylic acids is 2. The number of aliphatic carboxylic acids is 2. The highest BCUT2D eigenvalue weighted by atomic mass is 16.4. The molecule has 0 spiro atoms. The maximum absolute atomic E-state index is 10.9. The molecule has 1 amide bonds. The molecule has 0 bridgehead atoms. The van der Waals surface area contributed by atoms with Gasteiger partial charge in [0.1, 0.15) is 0 Å². The van der Waals surface area contributed by atoms with Crippen molar-refractivity contribution in [3.63, 3.8) is 0 Å². The molecule has 0 saturated heterocycles. The summed E-state index contributed by atoms with van der Waals surface area (Å²) >= 11 is 0. The van der Waals surface area contributed by atoms with E-state index in [1.165, 1.54) is 0 Å². The third-order valence-corrected chi connectivity index (χ3v) is 3.05. The second kappa shape index (κ2) is 9.96. The van der Waals surface area contributed by atoms with Crippen LogP contribution in [-0.2, 0) is 14.4 Å². The monoisotopic (exact) mass is 286 g/mol. The summed E-state index contributed by atoms with van der Waals surface area (Å²) in [6, 6.07) is 0. The standard InChI is InChI=1S/C13H22N2O5/c1-9(12(17)18)10(13(19)20)7-5-3-2-4-6-8-11(16)15-14/h10H,1-8,14H2,(H,15,16)(H,17,18)(H,19,20). The van der Waals surface area contributed by atoms with Crippen molar-refractivity contribution in [2.75, 3.05) is 0 Å². The van der Waals surface area contributed by atoms with Gasteiger partial charge in [0.05, 0.1) is 5.92 Å². The molecule has 0 aromatic heterocycles. The Hall–Kier alpha value is -1.89. The van der Waals surface area contributed by atoms with E-state index in [2.05, 4.69) is 6.58 Å². The van der Waals surface area contributed by atoms with Crippen LogP contribution in [0.4, 0.5) is 0 Å². The van der Waals surface area contributed by atoms with Gasteiger partial charge in [0.15, 0.2) is 0 Å². The van der Waals surface area contributed by atoms with E-state index in [4.69, 9.17) is 16.1 Å². The first-order valence-electron chi connectivity index (χ1n) is 6.54. The summed E-state index contributed by atoms with van der Waals surface area (Å²) in [5, 5.41) is 17.7. The molecule has 0 aromatic rings. The number of amides is 1. The molecule has 20 heavy (non-hydrogen) atoms. The average molecular weight is 286 g/mol. The Balaban J connectivity index is 3.81. The van der Waals surface area contributed by atoms with Crippen molar-refractivity contribution in [2.45, 2.75) is 44.9 Å². The summed E-state index contributed by atoms with van der Waals surface area (Å²) in [6.07, 6.45) is 4.50. The zero-order valence-electron chi connectivity index (χ0n) is 11.4. The van der Waals surface area contributed by atoms with E-state index in [0.717, 1.165) is 25.7 Å². The fraction of sp³-hybridized carbons (Fsp3) is 0.615. The Kier molecular flexibility index (Phi) is 9.02. The number of hydrogen-bond acceptors (Lipinski definition) is 4. The van der Waals surface area contributed by atoms with Gasteiger partial charge >= 0.3 is 11.9 Å². The Labute approximate surface area is 117 Å². The van der Waals surface area contributed by atoms with Crippen LogP contribution in [0.3, 0.4) is 0 Å². The minimum atomic E-state index is -1.27. The molecule has 7 heteroatoms. The van der Waals surface area contributed by atoms with Crippen molar-refractivity contribution in [3.05, 3.63) is 12.2 Å². The Bertz CT molecular complexity index is 368. The molecule has 0 saturated carbocycles. The summed E-state index contributed by atoms with van der Waals surface area (Å²) < 4.78 is 0. The summed E-state index contributed by atoms with van der Waals surface area (Å²) in [6.45, 7) is 3.30. The van der Waals surface area contributed by atoms with Crippen LogP contribution in [0, 0.1) is 5.92 Å². The van der Waals surface area contributed by atoms with Crippen molar-refractivity contribution in [3.8, 4) is 0 Å². The number of nitrogens with two attached hydrogens (primary N) is 1. The van der Waals surface area contributed by atoms with Gasteiger partial charge in [-0.15, -0.1) is 0 Å². The van der Waals surface area contributed by atoms with Crippen molar-refractivity contribution in [1.29, 1.82) is 0 Å². The van der Waals surface area contributed by atoms with Crippen molar-refractivity contribution in [2.24, 2.45) is 11.8 Å². The van der Waals surface area contributed by atoms with Gasteiger partial charge in [0, 0.05) is 12.0 Å². The van der Waals surface area contributed by atoms with Gasteiger partial charge < -0.3 is 10.2 Å². The lowest BCUT2D eigenvalue weighted by molar-refractivity contribution is -0.144. The van der Waals surface area contributed by atoms with E-state index >= 15 is 0 Å². The predicted octanol–water partition coefficient (Wildman–Crippen LogP) is 1.05. The summed E-state index contributed by atoms with van der Waals surface area (Å²) in [5.41, 5.74) is 1.77. The minimum absolute atomic E-state index is 0.200. The molecule has 0 fully saturated rings. The maximum atomic E-state index is 10.9. The molecule has 0 radical (unpaired) electrons. The molecule has 0 aliphatic heterocycles. The Morgan fingerprint density at radius 2 is 1.60 bits per heavy atom. The van der Waals surface area contributed by atoms with Gasteiger partial charge in [-0.25, -0.2) is 10.6 Å². The second-order valence-corrected chi connectivity index (χ2v) is 4.60. The number of carbonyl (C=O) groups is 3. The zero-order valence-corrected chi connectivity index (χ0v) is 11.4. The lowest BCUT2D eigenvalue weighted by Crippen LogP contribution is -2.29. The number of hydrazine groups is 1.